The van der Waals surface area contributed by atoms with Crippen molar-refractivity contribution in [1.82, 2.24) is 15.2 Å². The molecular weight excluding hydrogens is 214 g/mol. The molecule has 1 aliphatic carbocycles. The molecule has 0 spiro atoms. The maximum atomic E-state index is 12.1. The van der Waals surface area contributed by atoms with E-state index in [-0.39, 0.29) is 5.91 Å². The van der Waals surface area contributed by atoms with Gasteiger partial charge < -0.3 is 15.2 Å². The van der Waals surface area contributed by atoms with Gasteiger partial charge in [0.1, 0.15) is 5.69 Å². The van der Waals surface area contributed by atoms with E-state index < -0.39 is 0 Å². The van der Waals surface area contributed by atoms with Crippen molar-refractivity contribution in [3.63, 3.8) is 0 Å². The van der Waals surface area contributed by atoms with Crippen LogP contribution < -0.4 is 10.6 Å². The summed E-state index contributed by atoms with van der Waals surface area (Å²) < 4.78 is 2.03. The number of amides is 1. The molecule has 17 heavy (non-hydrogen) atoms. The minimum absolute atomic E-state index is 0.0860. The Hall–Kier alpha value is -1.29. The summed E-state index contributed by atoms with van der Waals surface area (Å²) in [4.78, 5) is 12.1. The second-order valence-corrected chi connectivity index (χ2v) is 5.07. The molecule has 4 heteroatoms. The molecule has 1 aromatic rings. The van der Waals surface area contributed by atoms with Crippen LogP contribution in [0.3, 0.4) is 0 Å². The van der Waals surface area contributed by atoms with Crippen LogP contribution in [0, 0.1) is 11.8 Å². The molecule has 1 amide bonds. The summed E-state index contributed by atoms with van der Waals surface area (Å²) in [5.41, 5.74) is 0.796. The van der Waals surface area contributed by atoms with Gasteiger partial charge in [-0.15, -0.1) is 0 Å². The van der Waals surface area contributed by atoms with E-state index in [1.807, 2.05) is 22.9 Å². The lowest BCUT2D eigenvalue weighted by molar-refractivity contribution is 0.0937. The first-order valence-electron chi connectivity index (χ1n) is 6.48. The van der Waals surface area contributed by atoms with E-state index >= 15 is 0 Å². The Kier molecular flexibility index (Phi) is 2.67. The third-order valence-electron chi connectivity index (χ3n) is 3.92. The molecule has 1 saturated heterocycles. The number of aromatic nitrogens is 1. The van der Waals surface area contributed by atoms with E-state index in [4.69, 9.17) is 0 Å². The zero-order chi connectivity index (χ0) is 11.8. The Bertz CT molecular complexity index is 416. The minimum Gasteiger partial charge on any atom is -0.347 e. The van der Waals surface area contributed by atoms with Gasteiger partial charge in [0.05, 0.1) is 0 Å². The molecule has 1 aromatic heterocycles. The van der Waals surface area contributed by atoms with Crippen molar-refractivity contribution in [1.29, 1.82) is 0 Å². The normalized spacial score (nSPS) is 30.1. The number of hydrogen-bond donors (Lipinski definition) is 2. The van der Waals surface area contributed by atoms with Crippen LogP contribution in [0.5, 0.6) is 0 Å². The van der Waals surface area contributed by atoms with Crippen molar-refractivity contribution < 1.29 is 4.79 Å². The Morgan fingerprint density at radius 3 is 3.00 bits per heavy atom. The van der Waals surface area contributed by atoms with Crippen LogP contribution >= 0.6 is 0 Å². The Morgan fingerprint density at radius 1 is 1.53 bits per heavy atom. The van der Waals surface area contributed by atoms with Gasteiger partial charge in [0.15, 0.2) is 0 Å². The molecule has 0 radical (unpaired) electrons. The number of carbonyl (C=O) groups excluding carboxylic acids is 1. The zero-order valence-electron chi connectivity index (χ0n) is 10.1. The molecule has 2 heterocycles. The summed E-state index contributed by atoms with van der Waals surface area (Å²) in [6.45, 7) is 5.16. The SMILES string of the molecule is CCCn1cccc1C(=O)NC1C2CNCC21. The lowest BCUT2D eigenvalue weighted by Crippen LogP contribution is -2.33. The van der Waals surface area contributed by atoms with Crippen molar-refractivity contribution in [3.05, 3.63) is 24.0 Å². The van der Waals surface area contributed by atoms with Crippen molar-refractivity contribution in [2.24, 2.45) is 11.8 Å². The van der Waals surface area contributed by atoms with Crippen molar-refractivity contribution in [2.75, 3.05) is 13.1 Å². The van der Waals surface area contributed by atoms with Crippen molar-refractivity contribution in [3.8, 4) is 0 Å². The number of nitrogens with zero attached hydrogens (tertiary/aromatic N) is 1. The number of hydrogen-bond acceptors (Lipinski definition) is 2. The maximum Gasteiger partial charge on any atom is 0.268 e. The predicted octanol–water partition coefficient (Wildman–Crippen LogP) is 0.846. The first-order chi connectivity index (χ1) is 8.31. The summed E-state index contributed by atoms with van der Waals surface area (Å²) in [6.07, 6.45) is 3.03. The maximum absolute atomic E-state index is 12.1. The second-order valence-electron chi connectivity index (χ2n) is 5.07. The first-order valence-corrected chi connectivity index (χ1v) is 6.48. The molecule has 1 saturated carbocycles. The summed E-state index contributed by atoms with van der Waals surface area (Å²) >= 11 is 0. The Balaban J connectivity index is 1.64. The molecule has 92 valence electrons. The highest BCUT2D eigenvalue weighted by Crippen LogP contribution is 2.41. The highest BCUT2D eigenvalue weighted by Gasteiger charge is 2.53. The van der Waals surface area contributed by atoms with Crippen LogP contribution in [-0.4, -0.2) is 29.6 Å². The molecule has 1 aliphatic heterocycles. The van der Waals surface area contributed by atoms with E-state index in [0.29, 0.717) is 17.9 Å². The van der Waals surface area contributed by atoms with Gasteiger partial charge in [-0.2, -0.15) is 0 Å². The van der Waals surface area contributed by atoms with E-state index in [2.05, 4.69) is 17.6 Å². The molecule has 2 aliphatic rings. The fourth-order valence-electron chi connectivity index (χ4n) is 2.91. The highest BCUT2D eigenvalue weighted by molar-refractivity contribution is 5.93. The smallest absolute Gasteiger partial charge is 0.268 e. The van der Waals surface area contributed by atoms with Gasteiger partial charge in [-0.3, -0.25) is 4.79 Å². The molecule has 2 N–H and O–H groups in total. The van der Waals surface area contributed by atoms with E-state index in [1.165, 1.54) is 0 Å². The average molecular weight is 233 g/mol. The van der Waals surface area contributed by atoms with Gasteiger partial charge in [-0.05, 0) is 30.4 Å². The molecule has 2 unspecified atom stereocenters. The van der Waals surface area contributed by atoms with Crippen molar-refractivity contribution in [2.45, 2.75) is 25.9 Å². The van der Waals surface area contributed by atoms with Crippen molar-refractivity contribution >= 4 is 5.91 Å². The predicted molar refractivity (Wildman–Crippen MR) is 65.8 cm³/mol. The van der Waals surface area contributed by atoms with Gasteiger partial charge in [0, 0.05) is 31.9 Å². The molecule has 0 aromatic carbocycles. The van der Waals surface area contributed by atoms with Crippen LogP contribution in [0.2, 0.25) is 0 Å². The Labute approximate surface area is 101 Å². The number of fused-ring (bicyclic) bond motifs is 1. The molecule has 0 bridgehead atoms. The monoisotopic (exact) mass is 233 g/mol. The van der Waals surface area contributed by atoms with Crippen LogP contribution in [0.15, 0.2) is 18.3 Å². The number of piperidine rings is 1. The standard InChI is InChI=1S/C13H19N3O/c1-2-5-16-6-3-4-11(16)13(17)15-12-9-7-14-8-10(9)12/h3-4,6,9-10,12,14H,2,5,7-8H2,1H3,(H,15,17). The number of carbonyl (C=O) groups is 1. The van der Waals surface area contributed by atoms with Crippen LogP contribution in [-0.2, 0) is 6.54 Å². The molecule has 4 nitrogen and oxygen atoms in total. The summed E-state index contributed by atoms with van der Waals surface area (Å²) in [6, 6.07) is 4.26. The average Bonchev–Trinajstić information content (AvgIpc) is 2.79. The van der Waals surface area contributed by atoms with Gasteiger partial charge in [-0.1, -0.05) is 6.92 Å². The van der Waals surface area contributed by atoms with Crippen LogP contribution in [0.1, 0.15) is 23.8 Å². The van der Waals surface area contributed by atoms with Gasteiger partial charge in [0.2, 0.25) is 0 Å². The Morgan fingerprint density at radius 2 is 2.29 bits per heavy atom. The van der Waals surface area contributed by atoms with E-state index in [0.717, 1.165) is 31.7 Å². The van der Waals surface area contributed by atoms with E-state index in [9.17, 15) is 4.79 Å². The van der Waals surface area contributed by atoms with Gasteiger partial charge >= 0.3 is 0 Å². The summed E-state index contributed by atoms with van der Waals surface area (Å²) in [7, 11) is 0. The first kappa shape index (κ1) is 10.8. The second kappa shape index (κ2) is 4.18. The largest absolute Gasteiger partial charge is 0.347 e. The molecule has 2 atom stereocenters. The van der Waals surface area contributed by atoms with Gasteiger partial charge in [-0.25, -0.2) is 0 Å². The van der Waals surface area contributed by atoms with Crippen LogP contribution in [0.25, 0.3) is 0 Å². The lowest BCUT2D eigenvalue weighted by Gasteiger charge is -2.10. The molecular formula is C13H19N3O. The van der Waals surface area contributed by atoms with Crippen LogP contribution in [0.4, 0.5) is 0 Å². The summed E-state index contributed by atoms with van der Waals surface area (Å²) in [5, 5.41) is 6.49. The number of rotatable bonds is 4. The third kappa shape index (κ3) is 1.86. The zero-order valence-corrected chi connectivity index (χ0v) is 10.1. The minimum atomic E-state index is 0.0860. The quantitative estimate of drug-likeness (QED) is 0.809. The van der Waals surface area contributed by atoms with E-state index in [1.54, 1.807) is 0 Å². The van der Waals surface area contributed by atoms with Gasteiger partial charge in [0.25, 0.3) is 5.91 Å². The number of nitrogens with one attached hydrogen (secondary N) is 2. The third-order valence-corrected chi connectivity index (χ3v) is 3.92. The highest BCUT2D eigenvalue weighted by atomic mass is 16.2. The summed E-state index contributed by atoms with van der Waals surface area (Å²) in [5.74, 6) is 1.44. The number of aryl methyl sites for hydroxylation is 1. The topological polar surface area (TPSA) is 46.1 Å². The fourth-order valence-corrected chi connectivity index (χ4v) is 2.91. The fraction of sp³-hybridized carbons (Fsp3) is 0.615. The lowest BCUT2D eigenvalue weighted by atomic mass is 10.3. The molecule has 3 rings (SSSR count). The molecule has 2 fully saturated rings.